The van der Waals surface area contributed by atoms with Gasteiger partial charge in [-0.05, 0) is 43.8 Å². The summed E-state index contributed by atoms with van der Waals surface area (Å²) >= 11 is 5.73. The zero-order chi connectivity index (χ0) is 14.3. The summed E-state index contributed by atoms with van der Waals surface area (Å²) < 4.78 is 11.9. The number of halogens is 3. The summed E-state index contributed by atoms with van der Waals surface area (Å²) in [5, 5.41) is 10.2. The third-order valence-corrected chi connectivity index (χ3v) is 4.25. The van der Waals surface area contributed by atoms with E-state index >= 15 is 0 Å². The summed E-state index contributed by atoms with van der Waals surface area (Å²) in [4.78, 5) is 0. The monoisotopic (exact) mass is 394 g/mol. The number of aliphatic hydroxyl groups is 1. The van der Waals surface area contributed by atoms with Gasteiger partial charge in [-0.15, -0.1) is 0 Å². The second-order valence-corrected chi connectivity index (χ2v) is 8.23. The minimum atomic E-state index is -1.94. The molecule has 0 radical (unpaired) electrons. The van der Waals surface area contributed by atoms with Gasteiger partial charge in [0.1, 0.15) is 6.10 Å². The molecule has 0 amide bonds. The maximum atomic E-state index is 13.9. The Morgan fingerprint density at radius 3 is 2.32 bits per heavy atom. The number of alkyl halides is 3. The Kier molecular flexibility index (Phi) is 7.55. The van der Waals surface area contributed by atoms with Gasteiger partial charge in [0.25, 0.3) is 0 Å². The van der Waals surface area contributed by atoms with Crippen molar-refractivity contribution < 1.29 is 9.50 Å². The molecule has 1 rings (SSSR count). The van der Waals surface area contributed by atoms with E-state index in [9.17, 15) is 9.50 Å². The highest BCUT2D eigenvalue weighted by Crippen LogP contribution is 2.40. The molecule has 0 aliphatic rings. The molecule has 0 heterocycles. The van der Waals surface area contributed by atoms with Crippen LogP contribution in [0.2, 0.25) is 0 Å². The Labute approximate surface area is 131 Å². The zero-order valence-corrected chi connectivity index (χ0v) is 14.3. The molecule has 0 bridgehead atoms. The minimum absolute atomic E-state index is 0.207. The smallest absolute Gasteiger partial charge is 0.245 e. The van der Waals surface area contributed by atoms with Crippen molar-refractivity contribution >= 4 is 31.9 Å². The number of hydrogen-bond acceptors (Lipinski definition) is 1. The second kappa shape index (κ2) is 8.38. The van der Waals surface area contributed by atoms with E-state index in [4.69, 9.17) is 0 Å². The van der Waals surface area contributed by atoms with Crippen molar-refractivity contribution in [1.29, 1.82) is 0 Å². The first kappa shape index (κ1) is 17.1. The van der Waals surface area contributed by atoms with Gasteiger partial charge in [0.05, 0.1) is 0 Å². The first-order valence-electron chi connectivity index (χ1n) is 6.76. The van der Waals surface area contributed by atoms with Crippen molar-refractivity contribution in [3.8, 4) is 0 Å². The van der Waals surface area contributed by atoms with Gasteiger partial charge in [-0.1, -0.05) is 62.9 Å². The predicted molar refractivity (Wildman–Crippen MR) is 85.6 cm³/mol. The summed E-state index contributed by atoms with van der Waals surface area (Å²) in [6, 6.07) is 9.65. The molecular formula is C15H21Br2FO. The Hall–Kier alpha value is 0.0700. The van der Waals surface area contributed by atoms with E-state index in [1.165, 1.54) is 12.8 Å². The van der Waals surface area contributed by atoms with Crippen LogP contribution in [-0.4, -0.2) is 14.7 Å². The molecule has 4 heteroatoms. The molecule has 1 nitrogen and oxygen atoms in total. The molecule has 108 valence electrons. The zero-order valence-electron chi connectivity index (χ0n) is 11.2. The second-order valence-electron chi connectivity index (χ2n) is 4.85. The van der Waals surface area contributed by atoms with Gasteiger partial charge in [-0.2, -0.15) is 0 Å². The number of benzene rings is 1. The largest absolute Gasteiger partial charge is 0.387 e. The fraction of sp³-hybridized carbons (Fsp3) is 0.600. The highest BCUT2D eigenvalue weighted by molar-refractivity contribution is 9.25. The lowest BCUT2D eigenvalue weighted by Crippen LogP contribution is -2.32. The molecule has 2 unspecified atom stereocenters. The molecular weight excluding hydrogens is 375 g/mol. The predicted octanol–water partition coefficient (Wildman–Crippen LogP) is 5.51. The van der Waals surface area contributed by atoms with Crippen molar-refractivity contribution in [1.82, 2.24) is 0 Å². The minimum Gasteiger partial charge on any atom is -0.387 e. The fourth-order valence-electron chi connectivity index (χ4n) is 2.23. The average Bonchev–Trinajstić information content (AvgIpc) is 2.38. The van der Waals surface area contributed by atoms with E-state index in [2.05, 4.69) is 38.8 Å². The van der Waals surface area contributed by atoms with Crippen LogP contribution in [0.25, 0.3) is 0 Å². The van der Waals surface area contributed by atoms with Crippen molar-refractivity contribution in [3.63, 3.8) is 0 Å². The van der Waals surface area contributed by atoms with Crippen LogP contribution in [0.3, 0.4) is 0 Å². The fourth-order valence-corrected chi connectivity index (χ4v) is 2.86. The first-order chi connectivity index (χ1) is 8.96. The Balaban J connectivity index is 2.74. The molecule has 19 heavy (non-hydrogen) atoms. The number of hydrogen-bond donors (Lipinski definition) is 1. The normalized spacial score (nSPS) is 15.2. The maximum Gasteiger partial charge on any atom is 0.245 e. The van der Waals surface area contributed by atoms with E-state index < -0.39 is 9.59 Å². The third-order valence-electron chi connectivity index (χ3n) is 3.31. The van der Waals surface area contributed by atoms with Crippen molar-refractivity contribution in [2.24, 2.45) is 0 Å². The van der Waals surface area contributed by atoms with E-state index in [0.29, 0.717) is 0 Å². The summed E-state index contributed by atoms with van der Waals surface area (Å²) in [7, 11) is 0. The SMILES string of the molecule is CCCCCCC(c1ccccc1)C(O)C(F)(Br)Br. The van der Waals surface area contributed by atoms with Crippen LogP contribution < -0.4 is 0 Å². The Morgan fingerprint density at radius 2 is 1.79 bits per heavy atom. The summed E-state index contributed by atoms with van der Waals surface area (Å²) in [5.41, 5.74) is 0.979. The van der Waals surface area contributed by atoms with Gasteiger partial charge in [0.2, 0.25) is 3.49 Å². The van der Waals surface area contributed by atoms with Crippen LogP contribution in [0.4, 0.5) is 4.39 Å². The summed E-state index contributed by atoms with van der Waals surface area (Å²) in [5.74, 6) is -0.207. The molecule has 0 aromatic heterocycles. The molecule has 1 aromatic rings. The van der Waals surface area contributed by atoms with Crippen LogP contribution in [0, 0.1) is 0 Å². The van der Waals surface area contributed by atoms with Gasteiger partial charge in [0.15, 0.2) is 0 Å². The average molecular weight is 396 g/mol. The van der Waals surface area contributed by atoms with Crippen LogP contribution in [0.15, 0.2) is 30.3 Å². The number of unbranched alkanes of at least 4 members (excludes halogenated alkanes) is 3. The lowest BCUT2D eigenvalue weighted by molar-refractivity contribution is 0.0826. The molecule has 1 N–H and O–H groups in total. The van der Waals surface area contributed by atoms with Crippen molar-refractivity contribution in [2.45, 2.75) is 54.5 Å². The maximum absolute atomic E-state index is 13.9. The van der Waals surface area contributed by atoms with E-state index in [1.54, 1.807) is 0 Å². The number of rotatable bonds is 8. The number of aliphatic hydroxyl groups excluding tert-OH is 1. The van der Waals surface area contributed by atoms with Crippen LogP contribution in [0.5, 0.6) is 0 Å². The molecule has 0 spiro atoms. The molecule has 0 saturated heterocycles. The Morgan fingerprint density at radius 1 is 1.16 bits per heavy atom. The molecule has 0 aliphatic carbocycles. The van der Waals surface area contributed by atoms with E-state index in [-0.39, 0.29) is 5.92 Å². The lowest BCUT2D eigenvalue weighted by atomic mass is 9.88. The standard InChI is InChI=1S/C15H21Br2FO/c1-2-3-4-8-11-13(14(19)15(16,17)18)12-9-6-5-7-10-12/h5-7,9-10,13-14,19H,2-4,8,11H2,1H3. The van der Waals surface area contributed by atoms with Gasteiger partial charge in [-0.3, -0.25) is 0 Å². The van der Waals surface area contributed by atoms with Gasteiger partial charge in [-0.25, -0.2) is 4.39 Å². The molecule has 0 fully saturated rings. The van der Waals surface area contributed by atoms with Crippen LogP contribution in [-0.2, 0) is 0 Å². The Bertz CT molecular complexity index is 351. The molecule has 0 aliphatic heterocycles. The van der Waals surface area contributed by atoms with Gasteiger partial charge >= 0.3 is 0 Å². The van der Waals surface area contributed by atoms with Crippen molar-refractivity contribution in [3.05, 3.63) is 35.9 Å². The molecule has 1 aromatic carbocycles. The lowest BCUT2D eigenvalue weighted by Gasteiger charge is -2.28. The summed E-state index contributed by atoms with van der Waals surface area (Å²) in [6.07, 6.45) is 4.14. The first-order valence-corrected chi connectivity index (χ1v) is 8.35. The van der Waals surface area contributed by atoms with Crippen molar-refractivity contribution in [2.75, 3.05) is 0 Å². The van der Waals surface area contributed by atoms with E-state index in [0.717, 1.165) is 24.8 Å². The van der Waals surface area contributed by atoms with Gasteiger partial charge in [0, 0.05) is 5.92 Å². The van der Waals surface area contributed by atoms with Crippen LogP contribution >= 0.6 is 31.9 Å². The third kappa shape index (κ3) is 5.92. The highest BCUT2D eigenvalue weighted by atomic mass is 79.9. The van der Waals surface area contributed by atoms with E-state index in [1.807, 2.05) is 30.3 Å². The topological polar surface area (TPSA) is 20.2 Å². The van der Waals surface area contributed by atoms with Crippen LogP contribution in [0.1, 0.15) is 50.5 Å². The molecule has 2 atom stereocenters. The van der Waals surface area contributed by atoms with Gasteiger partial charge < -0.3 is 5.11 Å². The quantitative estimate of drug-likeness (QED) is 0.454. The molecule has 0 saturated carbocycles. The summed E-state index contributed by atoms with van der Waals surface area (Å²) in [6.45, 7) is 2.16. The highest BCUT2D eigenvalue weighted by Gasteiger charge is 2.38.